The van der Waals surface area contributed by atoms with E-state index in [9.17, 15) is 18.0 Å². The van der Waals surface area contributed by atoms with Crippen molar-refractivity contribution in [1.29, 1.82) is 0 Å². The van der Waals surface area contributed by atoms with E-state index in [0.717, 1.165) is 36.6 Å². The van der Waals surface area contributed by atoms with Gasteiger partial charge < -0.3 is 10.1 Å². The summed E-state index contributed by atoms with van der Waals surface area (Å²) in [5, 5.41) is 4.76. The zero-order valence-electron chi connectivity index (χ0n) is 15.6. The largest absolute Gasteiger partial charge is 0.416 e. The Bertz CT molecular complexity index is 815. The lowest BCUT2D eigenvalue weighted by molar-refractivity contribution is -0.137. The van der Waals surface area contributed by atoms with E-state index in [1.807, 2.05) is 13.8 Å². The Morgan fingerprint density at radius 3 is 2.71 bits per heavy atom. The van der Waals surface area contributed by atoms with Crippen LogP contribution in [-0.2, 0) is 10.9 Å². The average Bonchev–Trinajstić information content (AvgIpc) is 3.10. The Morgan fingerprint density at radius 1 is 1.32 bits per heavy atom. The molecule has 0 aliphatic carbocycles. The molecule has 2 heterocycles. The molecule has 5 nitrogen and oxygen atoms in total. The molecule has 28 heavy (non-hydrogen) atoms. The first-order chi connectivity index (χ1) is 13.2. The number of amides is 1. The molecule has 1 saturated heterocycles. The van der Waals surface area contributed by atoms with Crippen LogP contribution >= 0.6 is 11.3 Å². The SMILES string of the molecule is CC1CN(CCNC(=O)c2csc(-c3cccc(C(F)(F)F)c3)n2)CC(C)O1. The van der Waals surface area contributed by atoms with E-state index in [1.165, 1.54) is 6.07 Å². The number of rotatable bonds is 5. The van der Waals surface area contributed by atoms with Gasteiger partial charge in [-0.1, -0.05) is 12.1 Å². The van der Waals surface area contributed by atoms with E-state index < -0.39 is 11.7 Å². The van der Waals surface area contributed by atoms with Crippen molar-refractivity contribution >= 4 is 17.2 Å². The number of hydrogen-bond acceptors (Lipinski definition) is 5. The molecule has 1 fully saturated rings. The maximum Gasteiger partial charge on any atom is 0.416 e. The molecule has 2 aromatic rings. The highest BCUT2D eigenvalue weighted by atomic mass is 32.1. The number of nitrogens with one attached hydrogen (secondary N) is 1. The van der Waals surface area contributed by atoms with Gasteiger partial charge in [0.2, 0.25) is 0 Å². The van der Waals surface area contributed by atoms with Crippen LogP contribution in [0.15, 0.2) is 29.6 Å². The summed E-state index contributed by atoms with van der Waals surface area (Å²) in [6.07, 6.45) is -4.09. The molecule has 9 heteroatoms. The molecular formula is C19H22F3N3O2S. The monoisotopic (exact) mass is 413 g/mol. The van der Waals surface area contributed by atoms with Crippen LogP contribution in [0.4, 0.5) is 13.2 Å². The first kappa shape index (κ1) is 20.8. The third kappa shape index (κ3) is 5.30. The number of halogens is 3. The average molecular weight is 413 g/mol. The fourth-order valence-electron chi connectivity index (χ4n) is 3.22. The predicted octanol–water partition coefficient (Wildman–Crippen LogP) is 3.67. The van der Waals surface area contributed by atoms with E-state index in [2.05, 4.69) is 15.2 Å². The standard InChI is InChI=1S/C19H22F3N3O2S/c1-12-9-25(10-13(2)27-12)7-6-23-17(26)16-11-28-18(24-16)14-4-3-5-15(8-14)19(20,21)22/h3-5,8,11-13H,6-7,9-10H2,1-2H3,(H,23,26). The van der Waals surface area contributed by atoms with Crippen molar-refractivity contribution in [2.75, 3.05) is 26.2 Å². The lowest BCUT2D eigenvalue weighted by atomic mass is 10.1. The van der Waals surface area contributed by atoms with Crippen molar-refractivity contribution in [1.82, 2.24) is 15.2 Å². The van der Waals surface area contributed by atoms with Crippen molar-refractivity contribution in [3.63, 3.8) is 0 Å². The number of thiazole rings is 1. The quantitative estimate of drug-likeness (QED) is 0.813. The number of hydrogen-bond donors (Lipinski definition) is 1. The highest BCUT2D eigenvalue weighted by Crippen LogP contribution is 2.33. The summed E-state index contributed by atoms with van der Waals surface area (Å²) in [5.74, 6) is -0.330. The van der Waals surface area contributed by atoms with Gasteiger partial charge in [-0.3, -0.25) is 9.69 Å². The van der Waals surface area contributed by atoms with Crippen molar-refractivity contribution in [2.45, 2.75) is 32.2 Å². The van der Waals surface area contributed by atoms with Crippen LogP contribution in [-0.4, -0.2) is 54.2 Å². The predicted molar refractivity (Wildman–Crippen MR) is 101 cm³/mol. The van der Waals surface area contributed by atoms with Crippen LogP contribution < -0.4 is 5.32 Å². The second-order valence-electron chi connectivity index (χ2n) is 6.89. The molecule has 1 N–H and O–H groups in total. The normalized spacial score (nSPS) is 20.9. The van der Waals surface area contributed by atoms with Crippen molar-refractivity contribution in [3.8, 4) is 10.6 Å². The topological polar surface area (TPSA) is 54.5 Å². The number of ether oxygens (including phenoxy) is 1. The summed E-state index contributed by atoms with van der Waals surface area (Å²) < 4.78 is 44.3. The highest BCUT2D eigenvalue weighted by Gasteiger charge is 2.30. The molecule has 152 valence electrons. The zero-order valence-corrected chi connectivity index (χ0v) is 16.4. The Labute approximate surface area is 165 Å². The fraction of sp³-hybridized carbons (Fsp3) is 0.474. The number of alkyl halides is 3. The van der Waals surface area contributed by atoms with Gasteiger partial charge >= 0.3 is 6.18 Å². The molecule has 1 aromatic heterocycles. The van der Waals surface area contributed by atoms with Gasteiger partial charge in [0.05, 0.1) is 17.8 Å². The summed E-state index contributed by atoms with van der Waals surface area (Å²) in [4.78, 5) is 18.7. The van der Waals surface area contributed by atoms with Gasteiger partial charge in [-0.2, -0.15) is 13.2 Å². The van der Waals surface area contributed by atoms with Crippen LogP contribution in [0.3, 0.4) is 0 Å². The summed E-state index contributed by atoms with van der Waals surface area (Å²) in [6.45, 7) is 6.84. The van der Waals surface area contributed by atoms with E-state index in [4.69, 9.17) is 4.74 Å². The summed E-state index contributed by atoms with van der Waals surface area (Å²) in [5.41, 5.74) is -0.184. The molecule has 2 unspecified atom stereocenters. The van der Waals surface area contributed by atoms with E-state index >= 15 is 0 Å². The Morgan fingerprint density at radius 2 is 2.04 bits per heavy atom. The van der Waals surface area contributed by atoms with Gasteiger partial charge in [-0.15, -0.1) is 11.3 Å². The number of carbonyl (C=O) groups is 1. The van der Waals surface area contributed by atoms with Crippen LogP contribution in [0.1, 0.15) is 29.9 Å². The lowest BCUT2D eigenvalue weighted by Gasteiger charge is -2.35. The van der Waals surface area contributed by atoms with E-state index in [1.54, 1.807) is 11.4 Å². The summed E-state index contributed by atoms with van der Waals surface area (Å²) in [6, 6.07) is 4.94. The number of aromatic nitrogens is 1. The first-order valence-electron chi connectivity index (χ1n) is 9.01. The number of morpholine rings is 1. The molecule has 3 rings (SSSR count). The van der Waals surface area contributed by atoms with Gasteiger partial charge in [0.15, 0.2) is 0 Å². The number of carbonyl (C=O) groups excluding carboxylic acids is 1. The molecule has 0 bridgehead atoms. The Kier molecular flexibility index (Phi) is 6.36. The van der Waals surface area contributed by atoms with E-state index in [0.29, 0.717) is 23.7 Å². The Balaban J connectivity index is 1.57. The maximum atomic E-state index is 12.9. The third-order valence-electron chi connectivity index (χ3n) is 4.38. The lowest BCUT2D eigenvalue weighted by Crippen LogP contribution is -2.47. The smallest absolute Gasteiger partial charge is 0.373 e. The van der Waals surface area contributed by atoms with Gasteiger partial charge in [0, 0.05) is 37.1 Å². The van der Waals surface area contributed by atoms with E-state index in [-0.39, 0.29) is 23.8 Å². The summed E-state index contributed by atoms with van der Waals surface area (Å²) >= 11 is 1.15. The molecule has 0 spiro atoms. The van der Waals surface area contributed by atoms with Gasteiger partial charge in [-0.05, 0) is 26.0 Å². The molecule has 1 aliphatic heterocycles. The summed E-state index contributed by atoms with van der Waals surface area (Å²) in [7, 11) is 0. The second-order valence-corrected chi connectivity index (χ2v) is 7.75. The molecule has 1 aliphatic rings. The molecular weight excluding hydrogens is 391 g/mol. The van der Waals surface area contributed by atoms with Crippen LogP contribution in [0, 0.1) is 0 Å². The molecule has 1 aromatic carbocycles. The van der Waals surface area contributed by atoms with Crippen LogP contribution in [0.2, 0.25) is 0 Å². The van der Waals surface area contributed by atoms with Gasteiger partial charge in [0.1, 0.15) is 10.7 Å². The van der Waals surface area contributed by atoms with Crippen molar-refractivity contribution < 1.29 is 22.7 Å². The highest BCUT2D eigenvalue weighted by molar-refractivity contribution is 7.13. The first-order valence-corrected chi connectivity index (χ1v) is 9.89. The maximum absolute atomic E-state index is 12.9. The van der Waals surface area contributed by atoms with Crippen LogP contribution in [0.5, 0.6) is 0 Å². The molecule has 1 amide bonds. The zero-order chi connectivity index (χ0) is 20.3. The molecule has 0 radical (unpaired) electrons. The minimum absolute atomic E-state index is 0.160. The second kappa shape index (κ2) is 8.59. The van der Waals surface area contributed by atoms with Crippen molar-refractivity contribution in [2.24, 2.45) is 0 Å². The number of nitrogens with zero attached hydrogens (tertiary/aromatic N) is 2. The van der Waals surface area contributed by atoms with Crippen LogP contribution in [0.25, 0.3) is 10.6 Å². The van der Waals surface area contributed by atoms with Crippen molar-refractivity contribution in [3.05, 3.63) is 40.9 Å². The molecule has 0 saturated carbocycles. The Hall–Kier alpha value is -1.97. The fourth-order valence-corrected chi connectivity index (χ4v) is 4.02. The third-order valence-corrected chi connectivity index (χ3v) is 5.27. The number of benzene rings is 1. The van der Waals surface area contributed by atoms with Gasteiger partial charge in [0.25, 0.3) is 5.91 Å². The van der Waals surface area contributed by atoms with Gasteiger partial charge in [-0.25, -0.2) is 4.98 Å². The minimum Gasteiger partial charge on any atom is -0.373 e. The molecule has 2 atom stereocenters. The minimum atomic E-state index is -4.41.